The van der Waals surface area contributed by atoms with Crippen molar-refractivity contribution in [3.05, 3.63) is 32.7 Å². The number of rotatable bonds is 2. The Bertz CT molecular complexity index is 1480. The van der Waals surface area contributed by atoms with Gasteiger partial charge in [0.25, 0.3) is 5.56 Å². The van der Waals surface area contributed by atoms with Gasteiger partial charge in [0.05, 0.1) is 21.6 Å². The van der Waals surface area contributed by atoms with E-state index in [2.05, 4.69) is 27.1 Å². The first-order valence-electron chi connectivity index (χ1n) is 11.0. The normalized spacial score (nSPS) is 25.0. The van der Waals surface area contributed by atoms with Gasteiger partial charge in [-0.05, 0) is 44.7 Å². The first kappa shape index (κ1) is 20.9. The molecule has 2 bridgehead atoms. The number of anilines is 1. The second-order valence-corrected chi connectivity index (χ2v) is 10.4. The third-order valence-electron chi connectivity index (χ3n) is 7.16. The number of aryl methyl sites for hydroxylation is 1. The maximum Gasteiger partial charge on any atom is 0.266 e. The van der Waals surface area contributed by atoms with Gasteiger partial charge in [-0.25, -0.2) is 0 Å². The summed E-state index contributed by atoms with van der Waals surface area (Å²) >= 11 is 13.1. The highest BCUT2D eigenvalue weighted by Crippen LogP contribution is 2.42. The van der Waals surface area contributed by atoms with E-state index in [0.717, 1.165) is 25.7 Å². The second-order valence-electron chi connectivity index (χ2n) is 9.66. The van der Waals surface area contributed by atoms with Gasteiger partial charge in [0.2, 0.25) is 5.95 Å². The van der Waals surface area contributed by atoms with Crippen LogP contribution in [0.4, 0.5) is 5.95 Å². The van der Waals surface area contributed by atoms with E-state index < -0.39 is 0 Å². The monoisotopic (exact) mass is 486 g/mol. The molecule has 0 saturated carbocycles. The van der Waals surface area contributed by atoms with E-state index in [4.69, 9.17) is 33.9 Å². The molecule has 2 aliphatic heterocycles. The second kappa shape index (κ2) is 6.94. The minimum atomic E-state index is -0.187. The maximum absolute atomic E-state index is 13.6. The Morgan fingerprint density at radius 1 is 1.15 bits per heavy atom. The van der Waals surface area contributed by atoms with Crippen LogP contribution in [0.1, 0.15) is 32.6 Å². The van der Waals surface area contributed by atoms with Crippen LogP contribution < -0.4 is 16.2 Å². The van der Waals surface area contributed by atoms with Crippen LogP contribution in [0.15, 0.2) is 16.9 Å². The molecule has 0 amide bonds. The first-order valence-corrected chi connectivity index (χ1v) is 11.8. The molecule has 9 nitrogen and oxygen atoms in total. The minimum Gasteiger partial charge on any atom is -0.336 e. The Balaban J connectivity index is 1.51. The molecule has 33 heavy (non-hydrogen) atoms. The summed E-state index contributed by atoms with van der Waals surface area (Å²) in [7, 11) is 3.52. The summed E-state index contributed by atoms with van der Waals surface area (Å²) < 4.78 is 3.19. The van der Waals surface area contributed by atoms with Crippen LogP contribution in [-0.2, 0) is 14.1 Å². The molecule has 6 rings (SSSR count). The van der Waals surface area contributed by atoms with Gasteiger partial charge in [-0.2, -0.15) is 15.2 Å². The molecule has 2 aliphatic rings. The molecule has 1 unspecified atom stereocenters. The lowest BCUT2D eigenvalue weighted by molar-refractivity contribution is 0.302. The fourth-order valence-corrected chi connectivity index (χ4v) is 6.35. The molecule has 3 aromatic heterocycles. The molecular weight excluding hydrogens is 463 g/mol. The largest absolute Gasteiger partial charge is 0.336 e. The number of fused-ring (bicyclic) bond motifs is 4. The van der Waals surface area contributed by atoms with Crippen molar-refractivity contribution in [3.8, 4) is 11.3 Å². The molecule has 0 radical (unpaired) electrons. The Hall–Kier alpha value is -2.62. The lowest BCUT2D eigenvalue weighted by Gasteiger charge is -2.43. The number of H-pyrrole nitrogens is 1. The highest BCUT2D eigenvalue weighted by atomic mass is 35.5. The molecule has 5 heterocycles. The molecule has 1 aromatic carbocycles. The SMILES string of the molecule is Cn1nc2ccc(-c3[nH]nc4nc(N5[C@@H]6CC[C@H]5CC(C)(N)C6)n(C)c(=O)c34)c(Cl)c2c1Cl. The van der Waals surface area contributed by atoms with Crippen LogP contribution in [0.2, 0.25) is 10.2 Å². The molecule has 2 fully saturated rings. The number of halogens is 2. The Kier molecular flexibility index (Phi) is 4.41. The van der Waals surface area contributed by atoms with E-state index in [1.807, 2.05) is 12.1 Å². The smallest absolute Gasteiger partial charge is 0.266 e. The van der Waals surface area contributed by atoms with Crippen molar-refractivity contribution in [2.24, 2.45) is 19.8 Å². The zero-order chi connectivity index (χ0) is 23.2. The number of nitrogens with one attached hydrogen (secondary N) is 1. The number of piperidine rings is 1. The highest BCUT2D eigenvalue weighted by Gasteiger charge is 2.46. The van der Waals surface area contributed by atoms with E-state index in [-0.39, 0.29) is 23.2 Å². The fraction of sp³-hybridized carbons (Fsp3) is 0.455. The van der Waals surface area contributed by atoms with Gasteiger partial charge in [-0.3, -0.25) is 19.1 Å². The predicted octanol–water partition coefficient (Wildman–Crippen LogP) is 3.37. The number of hydrogen-bond donors (Lipinski definition) is 2. The van der Waals surface area contributed by atoms with Gasteiger partial charge in [0.1, 0.15) is 10.5 Å². The van der Waals surface area contributed by atoms with Gasteiger partial charge in [0.15, 0.2) is 5.65 Å². The van der Waals surface area contributed by atoms with Crippen molar-refractivity contribution in [1.82, 2.24) is 29.5 Å². The van der Waals surface area contributed by atoms with Crippen LogP contribution in [0.3, 0.4) is 0 Å². The van der Waals surface area contributed by atoms with E-state index in [9.17, 15) is 4.79 Å². The lowest BCUT2D eigenvalue weighted by atomic mass is 9.86. The quantitative estimate of drug-likeness (QED) is 0.449. The Labute approximate surface area is 199 Å². The Morgan fingerprint density at radius 3 is 2.55 bits per heavy atom. The number of nitrogens with zero attached hydrogens (tertiary/aromatic N) is 6. The third kappa shape index (κ3) is 2.95. The van der Waals surface area contributed by atoms with Gasteiger partial charge in [-0.1, -0.05) is 23.2 Å². The van der Waals surface area contributed by atoms with E-state index in [1.165, 1.54) is 0 Å². The molecule has 4 aromatic rings. The molecule has 0 aliphatic carbocycles. The van der Waals surface area contributed by atoms with Gasteiger partial charge in [-0.15, -0.1) is 0 Å². The standard InChI is InChI=1S/C22H24Cl2N8O/c1-22(25)8-10-4-5-11(9-22)32(10)21-26-19-15(20(33)30(21)2)17(27-28-19)12-6-7-13-14(16(12)23)18(24)31(3)29-13/h6-7,10-11H,4-5,8-9,25H2,1-3H3,(H,27,28)/t10-,11+,22?. The van der Waals surface area contributed by atoms with Crippen molar-refractivity contribution in [2.75, 3.05) is 4.90 Å². The van der Waals surface area contributed by atoms with E-state index in [0.29, 0.717) is 49.3 Å². The highest BCUT2D eigenvalue weighted by molar-refractivity contribution is 6.43. The summed E-state index contributed by atoms with van der Waals surface area (Å²) in [5.41, 5.74) is 8.31. The van der Waals surface area contributed by atoms with Crippen LogP contribution in [0.25, 0.3) is 33.2 Å². The van der Waals surface area contributed by atoms with Crippen molar-refractivity contribution in [1.29, 1.82) is 0 Å². The van der Waals surface area contributed by atoms with Crippen molar-refractivity contribution in [3.63, 3.8) is 0 Å². The summed E-state index contributed by atoms with van der Waals surface area (Å²) in [4.78, 5) is 20.7. The lowest BCUT2D eigenvalue weighted by Crippen LogP contribution is -2.55. The molecule has 0 spiro atoms. The maximum atomic E-state index is 13.6. The van der Waals surface area contributed by atoms with Crippen molar-refractivity contribution < 1.29 is 0 Å². The van der Waals surface area contributed by atoms with Crippen molar-refractivity contribution >= 4 is 51.1 Å². The predicted molar refractivity (Wildman–Crippen MR) is 130 cm³/mol. The third-order valence-corrected chi connectivity index (χ3v) is 7.99. The van der Waals surface area contributed by atoms with Crippen molar-refractivity contribution in [2.45, 2.75) is 50.2 Å². The summed E-state index contributed by atoms with van der Waals surface area (Å²) in [5.74, 6) is 0.644. The van der Waals surface area contributed by atoms with Crippen LogP contribution in [-0.4, -0.2) is 47.2 Å². The summed E-state index contributed by atoms with van der Waals surface area (Å²) in [6, 6.07) is 4.20. The van der Waals surface area contributed by atoms with E-state index >= 15 is 0 Å². The van der Waals surface area contributed by atoms with Gasteiger partial charge in [0, 0.05) is 37.3 Å². The molecule has 3 atom stereocenters. The van der Waals surface area contributed by atoms with Crippen LogP contribution in [0.5, 0.6) is 0 Å². The topological polar surface area (TPSA) is 111 Å². The van der Waals surface area contributed by atoms with Crippen LogP contribution in [0, 0.1) is 0 Å². The summed E-state index contributed by atoms with van der Waals surface area (Å²) in [5, 5.41) is 13.6. The molecule has 11 heteroatoms. The Morgan fingerprint density at radius 2 is 1.85 bits per heavy atom. The van der Waals surface area contributed by atoms with Crippen LogP contribution >= 0.6 is 23.2 Å². The number of hydrogen-bond acceptors (Lipinski definition) is 6. The zero-order valence-electron chi connectivity index (χ0n) is 18.6. The minimum absolute atomic E-state index is 0.173. The number of aromatic nitrogens is 6. The molecular formula is C22H24Cl2N8O. The molecule has 3 N–H and O–H groups in total. The molecule has 2 saturated heterocycles. The number of benzene rings is 1. The molecule has 172 valence electrons. The van der Waals surface area contributed by atoms with Gasteiger partial charge >= 0.3 is 0 Å². The number of nitrogens with two attached hydrogens (primary N) is 1. The zero-order valence-corrected chi connectivity index (χ0v) is 20.1. The first-order chi connectivity index (χ1) is 15.7. The summed E-state index contributed by atoms with van der Waals surface area (Å²) in [6.45, 7) is 2.11. The summed E-state index contributed by atoms with van der Waals surface area (Å²) in [6.07, 6.45) is 3.87. The fourth-order valence-electron chi connectivity index (χ4n) is 5.72. The van der Waals surface area contributed by atoms with Gasteiger partial charge < -0.3 is 10.6 Å². The average Bonchev–Trinajstić information content (AvgIpc) is 3.38. The van der Waals surface area contributed by atoms with E-state index in [1.54, 1.807) is 23.3 Å². The average molecular weight is 487 g/mol. The number of aromatic amines is 1.